The SMILES string of the molecule is C[C@H](NC(=O)Nc1nc2ccccc2s1)c1ccc(-c2cncnc2)cc1. The lowest BCUT2D eigenvalue weighted by atomic mass is 10.0. The van der Waals surface area contributed by atoms with Gasteiger partial charge < -0.3 is 5.32 Å². The Kier molecular flexibility index (Phi) is 4.76. The van der Waals surface area contributed by atoms with Gasteiger partial charge in [0.2, 0.25) is 0 Å². The monoisotopic (exact) mass is 375 g/mol. The van der Waals surface area contributed by atoms with Gasteiger partial charge in [0.15, 0.2) is 5.13 Å². The van der Waals surface area contributed by atoms with E-state index in [0.717, 1.165) is 26.9 Å². The molecule has 0 unspecified atom stereocenters. The van der Waals surface area contributed by atoms with Gasteiger partial charge in [0.05, 0.1) is 16.3 Å². The van der Waals surface area contributed by atoms with Crippen LogP contribution in [0, 0.1) is 0 Å². The van der Waals surface area contributed by atoms with Crippen molar-refractivity contribution in [3.05, 3.63) is 72.8 Å². The van der Waals surface area contributed by atoms with E-state index in [0.29, 0.717) is 5.13 Å². The second-order valence-electron chi connectivity index (χ2n) is 6.06. The number of fused-ring (bicyclic) bond motifs is 1. The van der Waals surface area contributed by atoms with Gasteiger partial charge in [-0.1, -0.05) is 47.7 Å². The minimum Gasteiger partial charge on any atom is -0.331 e. The van der Waals surface area contributed by atoms with Crippen LogP contribution < -0.4 is 10.6 Å². The summed E-state index contributed by atoms with van der Waals surface area (Å²) in [6, 6.07) is 15.4. The van der Waals surface area contributed by atoms with Gasteiger partial charge in [-0.15, -0.1) is 0 Å². The van der Waals surface area contributed by atoms with Crippen molar-refractivity contribution in [2.24, 2.45) is 0 Å². The molecule has 2 aromatic heterocycles. The molecular weight excluding hydrogens is 358 g/mol. The van der Waals surface area contributed by atoms with Crippen molar-refractivity contribution in [3.8, 4) is 11.1 Å². The molecule has 0 aliphatic carbocycles. The molecule has 27 heavy (non-hydrogen) atoms. The first kappa shape index (κ1) is 17.1. The molecule has 0 saturated heterocycles. The summed E-state index contributed by atoms with van der Waals surface area (Å²) in [6.45, 7) is 1.94. The summed E-state index contributed by atoms with van der Waals surface area (Å²) in [5, 5.41) is 6.33. The fourth-order valence-electron chi connectivity index (χ4n) is 2.75. The maximum Gasteiger partial charge on any atom is 0.321 e. The highest BCUT2D eigenvalue weighted by Gasteiger charge is 2.12. The van der Waals surface area contributed by atoms with Crippen molar-refractivity contribution >= 4 is 32.7 Å². The molecule has 7 heteroatoms. The number of urea groups is 1. The number of nitrogens with zero attached hydrogens (tertiary/aromatic N) is 3. The zero-order chi connectivity index (χ0) is 18.6. The lowest BCUT2D eigenvalue weighted by Crippen LogP contribution is -2.31. The molecule has 0 saturated carbocycles. The third kappa shape index (κ3) is 3.93. The van der Waals surface area contributed by atoms with Crippen molar-refractivity contribution in [1.29, 1.82) is 0 Å². The number of carbonyl (C=O) groups is 1. The molecule has 2 aromatic carbocycles. The van der Waals surface area contributed by atoms with Crippen LogP contribution in [0.1, 0.15) is 18.5 Å². The summed E-state index contributed by atoms with van der Waals surface area (Å²) >= 11 is 1.45. The van der Waals surface area contributed by atoms with Crippen LogP contribution in [0.15, 0.2) is 67.3 Å². The van der Waals surface area contributed by atoms with Crippen LogP contribution in [0.25, 0.3) is 21.3 Å². The number of nitrogens with one attached hydrogen (secondary N) is 2. The summed E-state index contributed by atoms with van der Waals surface area (Å²) in [4.78, 5) is 24.8. The van der Waals surface area contributed by atoms with Gasteiger partial charge in [-0.2, -0.15) is 0 Å². The number of anilines is 1. The van der Waals surface area contributed by atoms with E-state index < -0.39 is 0 Å². The number of thiazole rings is 1. The van der Waals surface area contributed by atoms with E-state index in [1.807, 2.05) is 55.5 Å². The molecule has 0 aliphatic heterocycles. The highest BCUT2D eigenvalue weighted by molar-refractivity contribution is 7.22. The van der Waals surface area contributed by atoms with Gasteiger partial charge >= 0.3 is 6.03 Å². The van der Waals surface area contributed by atoms with Crippen LogP contribution in [0.3, 0.4) is 0 Å². The number of hydrogen-bond acceptors (Lipinski definition) is 5. The predicted octanol–water partition coefficient (Wildman–Crippen LogP) is 4.64. The molecule has 2 amide bonds. The number of rotatable bonds is 4. The average molecular weight is 375 g/mol. The zero-order valence-electron chi connectivity index (χ0n) is 14.6. The number of para-hydroxylation sites is 1. The first-order valence-corrected chi connectivity index (χ1v) is 9.29. The van der Waals surface area contributed by atoms with E-state index in [-0.39, 0.29) is 12.1 Å². The summed E-state index contributed by atoms with van der Waals surface area (Å²) in [6.07, 6.45) is 5.05. The molecule has 134 valence electrons. The highest BCUT2D eigenvalue weighted by atomic mass is 32.1. The van der Waals surface area contributed by atoms with Crippen molar-refractivity contribution in [3.63, 3.8) is 0 Å². The largest absolute Gasteiger partial charge is 0.331 e. The number of benzene rings is 2. The van der Waals surface area contributed by atoms with Crippen molar-refractivity contribution in [2.45, 2.75) is 13.0 Å². The van der Waals surface area contributed by atoms with Gasteiger partial charge in [-0.3, -0.25) is 5.32 Å². The molecule has 4 aromatic rings. The fraction of sp³-hybridized carbons (Fsp3) is 0.100. The minimum atomic E-state index is -0.276. The topological polar surface area (TPSA) is 79.8 Å². The van der Waals surface area contributed by atoms with E-state index in [2.05, 4.69) is 25.6 Å². The molecule has 0 bridgehead atoms. The number of aromatic nitrogens is 3. The van der Waals surface area contributed by atoms with Gasteiger partial charge in [0, 0.05) is 18.0 Å². The Bertz CT molecular complexity index is 1030. The van der Waals surface area contributed by atoms with Crippen molar-refractivity contribution < 1.29 is 4.79 Å². The molecule has 0 aliphatic rings. The summed E-state index contributed by atoms with van der Waals surface area (Å²) in [5.74, 6) is 0. The van der Waals surface area contributed by atoms with E-state index in [9.17, 15) is 4.79 Å². The number of carbonyl (C=O) groups excluding carboxylic acids is 1. The van der Waals surface area contributed by atoms with E-state index >= 15 is 0 Å². The maximum atomic E-state index is 12.3. The van der Waals surface area contributed by atoms with E-state index in [4.69, 9.17) is 0 Å². The summed E-state index contributed by atoms with van der Waals surface area (Å²) in [7, 11) is 0. The fourth-order valence-corrected chi connectivity index (χ4v) is 3.61. The van der Waals surface area contributed by atoms with Gasteiger partial charge in [0.25, 0.3) is 0 Å². The standard InChI is InChI=1S/C20H17N5OS/c1-13(14-6-8-15(9-7-14)16-10-21-12-22-11-16)23-19(26)25-20-24-17-4-2-3-5-18(17)27-20/h2-13H,1H3,(H2,23,24,25,26)/t13-/m0/s1. The Morgan fingerprint density at radius 2 is 1.74 bits per heavy atom. The molecule has 2 heterocycles. The molecule has 6 nitrogen and oxygen atoms in total. The zero-order valence-corrected chi connectivity index (χ0v) is 15.4. The normalized spacial score (nSPS) is 11.9. The van der Waals surface area contributed by atoms with Crippen LogP contribution in [-0.4, -0.2) is 21.0 Å². The first-order chi connectivity index (χ1) is 13.2. The summed E-state index contributed by atoms with van der Waals surface area (Å²) in [5.41, 5.74) is 3.88. The van der Waals surface area contributed by atoms with Crippen LogP contribution in [-0.2, 0) is 0 Å². The van der Waals surface area contributed by atoms with Crippen LogP contribution in [0.5, 0.6) is 0 Å². The quantitative estimate of drug-likeness (QED) is 0.545. The predicted molar refractivity (Wildman–Crippen MR) is 108 cm³/mol. The van der Waals surface area contributed by atoms with Crippen LogP contribution >= 0.6 is 11.3 Å². The third-order valence-electron chi connectivity index (χ3n) is 4.17. The highest BCUT2D eigenvalue weighted by Crippen LogP contribution is 2.25. The van der Waals surface area contributed by atoms with Gasteiger partial charge in [0.1, 0.15) is 6.33 Å². The Hall–Kier alpha value is -3.32. The summed E-state index contributed by atoms with van der Waals surface area (Å²) < 4.78 is 1.04. The van der Waals surface area contributed by atoms with E-state index in [1.165, 1.54) is 17.7 Å². The van der Waals surface area contributed by atoms with Gasteiger partial charge in [-0.25, -0.2) is 19.7 Å². The lowest BCUT2D eigenvalue weighted by Gasteiger charge is -2.14. The molecule has 2 N–H and O–H groups in total. The molecule has 0 fully saturated rings. The smallest absolute Gasteiger partial charge is 0.321 e. The molecule has 1 atom stereocenters. The van der Waals surface area contributed by atoms with E-state index in [1.54, 1.807) is 12.4 Å². The van der Waals surface area contributed by atoms with Crippen molar-refractivity contribution in [2.75, 3.05) is 5.32 Å². The molecular formula is C20H17N5OS. The molecule has 4 rings (SSSR count). The maximum absolute atomic E-state index is 12.3. The Balaban J connectivity index is 1.40. The Morgan fingerprint density at radius 3 is 2.48 bits per heavy atom. The lowest BCUT2D eigenvalue weighted by molar-refractivity contribution is 0.249. The third-order valence-corrected chi connectivity index (χ3v) is 5.12. The first-order valence-electron chi connectivity index (χ1n) is 8.47. The minimum absolute atomic E-state index is 0.138. The second-order valence-corrected chi connectivity index (χ2v) is 7.09. The van der Waals surface area contributed by atoms with Gasteiger partial charge in [-0.05, 0) is 30.2 Å². The molecule has 0 spiro atoms. The average Bonchev–Trinajstić information content (AvgIpc) is 3.10. The van der Waals surface area contributed by atoms with Crippen LogP contribution in [0.4, 0.5) is 9.93 Å². The Morgan fingerprint density at radius 1 is 1.00 bits per heavy atom. The number of amides is 2. The van der Waals surface area contributed by atoms with Crippen molar-refractivity contribution in [1.82, 2.24) is 20.3 Å². The Labute approximate surface area is 160 Å². The van der Waals surface area contributed by atoms with Crippen LogP contribution in [0.2, 0.25) is 0 Å². The second kappa shape index (κ2) is 7.51. The molecule has 0 radical (unpaired) electrons. The number of hydrogen-bond donors (Lipinski definition) is 2.